The van der Waals surface area contributed by atoms with E-state index >= 15 is 0 Å². The van der Waals surface area contributed by atoms with E-state index in [0.29, 0.717) is 5.56 Å². The van der Waals surface area contributed by atoms with Crippen molar-refractivity contribution in [1.29, 1.82) is 5.26 Å². The third kappa shape index (κ3) is 3.48. The number of piperazine rings is 1. The number of aliphatic hydroxyl groups excluding tert-OH is 2. The Morgan fingerprint density at radius 3 is 2.30 bits per heavy atom. The van der Waals surface area contributed by atoms with Gasteiger partial charge in [-0.25, -0.2) is 0 Å². The van der Waals surface area contributed by atoms with E-state index in [-0.39, 0.29) is 6.42 Å². The third-order valence-corrected chi connectivity index (χ3v) is 3.77. The first-order valence-electron chi connectivity index (χ1n) is 6.88. The molecule has 2 rings (SSSR count). The Bertz CT molecular complexity index is 461. The monoisotopic (exact) mass is 275 g/mol. The fourth-order valence-electron chi connectivity index (χ4n) is 2.37. The standard InChI is InChI=1S/C15H21N3O2/c1-17-8-10-18(11-9-17)13-4-2-12(3-5-13)15(20)14(19)6-7-16/h2-5,14-15,19-20H,6,8-11H2,1H3. The Hall–Kier alpha value is -1.61. The fraction of sp³-hybridized carbons (Fsp3) is 0.533. The quantitative estimate of drug-likeness (QED) is 0.848. The lowest BCUT2D eigenvalue weighted by Gasteiger charge is -2.34. The molecule has 5 heteroatoms. The smallest absolute Gasteiger partial charge is 0.106 e. The number of hydrogen-bond acceptors (Lipinski definition) is 5. The molecule has 0 saturated carbocycles. The normalized spacial score (nSPS) is 19.4. The van der Waals surface area contributed by atoms with E-state index in [9.17, 15) is 10.2 Å². The summed E-state index contributed by atoms with van der Waals surface area (Å²) in [6.07, 6.45) is -2.10. The fourth-order valence-corrected chi connectivity index (χ4v) is 2.37. The van der Waals surface area contributed by atoms with Crippen LogP contribution in [0.3, 0.4) is 0 Å². The van der Waals surface area contributed by atoms with Gasteiger partial charge in [-0.3, -0.25) is 0 Å². The summed E-state index contributed by atoms with van der Waals surface area (Å²) in [5.74, 6) is 0. The van der Waals surface area contributed by atoms with Crippen molar-refractivity contribution in [2.75, 3.05) is 38.1 Å². The highest BCUT2D eigenvalue weighted by atomic mass is 16.3. The van der Waals surface area contributed by atoms with Gasteiger partial charge in [-0.1, -0.05) is 12.1 Å². The molecule has 1 heterocycles. The number of rotatable bonds is 4. The maximum atomic E-state index is 9.93. The lowest BCUT2D eigenvalue weighted by Crippen LogP contribution is -2.44. The van der Waals surface area contributed by atoms with Gasteiger partial charge >= 0.3 is 0 Å². The van der Waals surface area contributed by atoms with E-state index in [1.54, 1.807) is 0 Å². The average molecular weight is 275 g/mol. The van der Waals surface area contributed by atoms with Crippen molar-refractivity contribution < 1.29 is 10.2 Å². The molecular formula is C15H21N3O2. The van der Waals surface area contributed by atoms with Crippen LogP contribution in [0, 0.1) is 11.3 Å². The molecule has 108 valence electrons. The molecule has 1 aromatic carbocycles. The van der Waals surface area contributed by atoms with Gasteiger partial charge in [0.15, 0.2) is 0 Å². The van der Waals surface area contributed by atoms with E-state index in [2.05, 4.69) is 16.8 Å². The van der Waals surface area contributed by atoms with E-state index < -0.39 is 12.2 Å². The molecule has 1 aliphatic rings. The maximum Gasteiger partial charge on any atom is 0.106 e. The zero-order valence-corrected chi connectivity index (χ0v) is 11.7. The average Bonchev–Trinajstić information content (AvgIpc) is 2.48. The highest BCUT2D eigenvalue weighted by molar-refractivity contribution is 5.48. The maximum absolute atomic E-state index is 9.93. The third-order valence-electron chi connectivity index (χ3n) is 3.77. The van der Waals surface area contributed by atoms with Gasteiger partial charge in [0, 0.05) is 31.9 Å². The molecule has 2 unspecified atom stereocenters. The minimum Gasteiger partial charge on any atom is -0.389 e. The Balaban J connectivity index is 2.01. The predicted molar refractivity (Wildman–Crippen MR) is 77.3 cm³/mol. The lowest BCUT2D eigenvalue weighted by atomic mass is 10.0. The molecule has 1 fully saturated rings. The van der Waals surface area contributed by atoms with Crippen molar-refractivity contribution in [1.82, 2.24) is 4.90 Å². The van der Waals surface area contributed by atoms with Gasteiger partial charge in [0.2, 0.25) is 0 Å². The summed E-state index contributed by atoms with van der Waals surface area (Å²) in [7, 11) is 2.12. The van der Waals surface area contributed by atoms with Crippen molar-refractivity contribution in [2.45, 2.75) is 18.6 Å². The van der Waals surface area contributed by atoms with Crippen LogP contribution >= 0.6 is 0 Å². The number of nitriles is 1. The Kier molecular flexibility index (Phi) is 4.96. The Labute approximate surface area is 119 Å². The molecule has 5 nitrogen and oxygen atoms in total. The van der Waals surface area contributed by atoms with Crippen molar-refractivity contribution in [3.8, 4) is 6.07 Å². The molecule has 2 atom stereocenters. The molecule has 0 bridgehead atoms. The molecular weight excluding hydrogens is 254 g/mol. The van der Waals surface area contributed by atoms with Gasteiger partial charge in [-0.05, 0) is 24.7 Å². The molecule has 1 saturated heterocycles. The number of likely N-dealkylation sites (N-methyl/N-ethyl adjacent to an activating group) is 1. The number of anilines is 1. The number of nitrogens with zero attached hydrogens (tertiary/aromatic N) is 3. The van der Waals surface area contributed by atoms with E-state index in [4.69, 9.17) is 5.26 Å². The second-order valence-electron chi connectivity index (χ2n) is 5.26. The number of benzene rings is 1. The van der Waals surface area contributed by atoms with E-state index in [1.807, 2.05) is 30.3 Å². The summed E-state index contributed by atoms with van der Waals surface area (Å²) in [6, 6.07) is 9.42. The molecule has 0 aromatic heterocycles. The summed E-state index contributed by atoms with van der Waals surface area (Å²) in [5.41, 5.74) is 1.77. The van der Waals surface area contributed by atoms with Crippen LogP contribution in [0.4, 0.5) is 5.69 Å². The second-order valence-corrected chi connectivity index (χ2v) is 5.26. The van der Waals surface area contributed by atoms with Gasteiger partial charge in [-0.15, -0.1) is 0 Å². The molecule has 0 aliphatic carbocycles. The first-order chi connectivity index (χ1) is 9.61. The first-order valence-corrected chi connectivity index (χ1v) is 6.88. The number of hydrogen-bond donors (Lipinski definition) is 2. The molecule has 20 heavy (non-hydrogen) atoms. The van der Waals surface area contributed by atoms with Crippen molar-refractivity contribution >= 4 is 5.69 Å². The second kappa shape index (κ2) is 6.71. The topological polar surface area (TPSA) is 70.7 Å². The highest BCUT2D eigenvalue weighted by Crippen LogP contribution is 2.23. The van der Waals surface area contributed by atoms with Gasteiger partial charge in [0.05, 0.1) is 18.6 Å². The summed E-state index contributed by atoms with van der Waals surface area (Å²) in [5, 5.41) is 28.1. The van der Waals surface area contributed by atoms with Crippen LogP contribution < -0.4 is 4.90 Å². The summed E-state index contributed by atoms with van der Waals surface area (Å²) in [6.45, 7) is 4.08. The van der Waals surface area contributed by atoms with Crippen LogP contribution in [0.2, 0.25) is 0 Å². The van der Waals surface area contributed by atoms with Crippen LogP contribution in [0.25, 0.3) is 0 Å². The predicted octanol–water partition coefficient (Wildman–Crippen LogP) is 0.746. The van der Waals surface area contributed by atoms with Crippen LogP contribution in [-0.2, 0) is 0 Å². The zero-order chi connectivity index (χ0) is 14.5. The number of aliphatic hydroxyl groups is 2. The Morgan fingerprint density at radius 2 is 1.75 bits per heavy atom. The molecule has 1 aliphatic heterocycles. The van der Waals surface area contributed by atoms with Gasteiger partial charge in [0.1, 0.15) is 6.10 Å². The molecule has 1 aromatic rings. The van der Waals surface area contributed by atoms with E-state index in [1.165, 1.54) is 0 Å². The van der Waals surface area contributed by atoms with Crippen LogP contribution in [0.15, 0.2) is 24.3 Å². The first kappa shape index (κ1) is 14.8. The minimum atomic E-state index is -1.03. The highest BCUT2D eigenvalue weighted by Gasteiger charge is 2.19. The summed E-state index contributed by atoms with van der Waals surface area (Å²) < 4.78 is 0. The van der Waals surface area contributed by atoms with E-state index in [0.717, 1.165) is 31.9 Å². The largest absolute Gasteiger partial charge is 0.389 e. The van der Waals surface area contributed by atoms with Gasteiger partial charge < -0.3 is 20.0 Å². The Morgan fingerprint density at radius 1 is 1.15 bits per heavy atom. The zero-order valence-electron chi connectivity index (χ0n) is 11.7. The SMILES string of the molecule is CN1CCN(c2ccc(C(O)C(O)CC#N)cc2)CC1. The van der Waals surface area contributed by atoms with Crippen molar-refractivity contribution in [3.63, 3.8) is 0 Å². The molecule has 0 spiro atoms. The van der Waals surface area contributed by atoms with Gasteiger partial charge in [-0.2, -0.15) is 5.26 Å². The molecule has 0 radical (unpaired) electrons. The minimum absolute atomic E-state index is 0.0681. The molecule has 0 amide bonds. The van der Waals surface area contributed by atoms with Crippen LogP contribution in [0.1, 0.15) is 18.1 Å². The van der Waals surface area contributed by atoms with Gasteiger partial charge in [0.25, 0.3) is 0 Å². The van der Waals surface area contributed by atoms with Crippen LogP contribution in [0.5, 0.6) is 0 Å². The van der Waals surface area contributed by atoms with Crippen LogP contribution in [-0.4, -0.2) is 54.4 Å². The molecule has 2 N–H and O–H groups in total. The summed E-state index contributed by atoms with van der Waals surface area (Å²) >= 11 is 0. The van der Waals surface area contributed by atoms with Crippen molar-refractivity contribution in [3.05, 3.63) is 29.8 Å². The lowest BCUT2D eigenvalue weighted by molar-refractivity contribution is 0.0216. The van der Waals surface area contributed by atoms with Crippen molar-refractivity contribution in [2.24, 2.45) is 0 Å². The summed E-state index contributed by atoms with van der Waals surface area (Å²) in [4.78, 5) is 4.61.